The molecule has 1 saturated carbocycles. The van der Waals surface area contributed by atoms with E-state index in [0.29, 0.717) is 11.2 Å². The summed E-state index contributed by atoms with van der Waals surface area (Å²) in [4.78, 5) is 28.5. The lowest BCUT2D eigenvalue weighted by Crippen LogP contribution is -2.43. The third kappa shape index (κ3) is 4.90. The van der Waals surface area contributed by atoms with Crippen molar-refractivity contribution in [1.82, 2.24) is 40.4 Å². The summed E-state index contributed by atoms with van der Waals surface area (Å²) in [6.45, 7) is -2.18. The highest BCUT2D eigenvalue weighted by Crippen LogP contribution is 2.53. The number of aromatic amines is 1. The topological polar surface area (TPSA) is 267 Å². The molecular weight excluding hydrogens is 529 g/mol. The van der Waals surface area contributed by atoms with Gasteiger partial charge < -0.3 is 45.0 Å². The number of anilines is 1. The number of aliphatic hydroxyl groups is 4. The van der Waals surface area contributed by atoms with Crippen molar-refractivity contribution < 1.29 is 44.3 Å². The van der Waals surface area contributed by atoms with Crippen LogP contribution in [-0.2, 0) is 27.1 Å². The Morgan fingerprint density at radius 1 is 1.21 bits per heavy atom. The van der Waals surface area contributed by atoms with Gasteiger partial charge in [0.15, 0.2) is 28.9 Å². The fourth-order valence-electron chi connectivity index (χ4n) is 4.33. The van der Waals surface area contributed by atoms with Crippen LogP contribution in [0.2, 0.25) is 0 Å². The van der Waals surface area contributed by atoms with E-state index < -0.39 is 63.7 Å². The van der Waals surface area contributed by atoms with Crippen molar-refractivity contribution in [3.63, 3.8) is 0 Å². The average molecular weight is 557 g/mol. The third-order valence-corrected chi connectivity index (χ3v) is 8.27. The van der Waals surface area contributed by atoms with E-state index in [-0.39, 0.29) is 23.3 Å². The summed E-state index contributed by atoms with van der Waals surface area (Å²) in [5.41, 5.74) is 0.237. The minimum Gasteiger partial charge on any atom is -0.393 e. The molecule has 208 valence electrons. The Kier molecular flexibility index (Phi) is 7.42. The van der Waals surface area contributed by atoms with Crippen molar-refractivity contribution >= 4 is 24.4 Å². The Balaban J connectivity index is 1.38. The van der Waals surface area contributed by atoms with Gasteiger partial charge in [0.05, 0.1) is 31.2 Å². The molecule has 3 aromatic heterocycles. The molecule has 2 aliphatic rings. The van der Waals surface area contributed by atoms with Gasteiger partial charge in [-0.05, 0) is 19.3 Å². The number of nitrogens with one attached hydrogen (secondary N) is 2. The number of tetrazole rings is 1. The molecule has 3 aromatic rings. The number of ether oxygens (including phenoxy) is 2. The van der Waals surface area contributed by atoms with Crippen LogP contribution in [0.25, 0.3) is 11.0 Å². The maximum atomic E-state index is 12.3. The summed E-state index contributed by atoms with van der Waals surface area (Å²) in [5, 5.41) is 59.3. The predicted molar refractivity (Wildman–Crippen MR) is 124 cm³/mol. The molecule has 4 heterocycles. The molecule has 8 N–H and O–H groups in total. The Morgan fingerprint density at radius 3 is 2.61 bits per heavy atom. The Hall–Kier alpha value is -2.67. The summed E-state index contributed by atoms with van der Waals surface area (Å²) in [7, 11) is -5.12. The Morgan fingerprint density at radius 2 is 2.00 bits per heavy atom. The molecule has 0 radical (unpaired) electrons. The van der Waals surface area contributed by atoms with E-state index in [1.54, 1.807) is 0 Å². The zero-order valence-corrected chi connectivity index (χ0v) is 20.8. The first-order chi connectivity index (χ1) is 18.2. The molecule has 0 spiro atoms. The molecular formula is C19H28N9O9P. The van der Waals surface area contributed by atoms with Gasteiger partial charge in [-0.2, -0.15) is 10.3 Å². The molecule has 1 aliphatic carbocycles. The second-order valence-corrected chi connectivity index (χ2v) is 11.2. The van der Waals surface area contributed by atoms with Gasteiger partial charge in [-0.25, -0.2) is 14.6 Å². The normalized spacial score (nSPS) is 25.9. The molecule has 38 heavy (non-hydrogen) atoms. The molecule has 0 amide bonds. The first-order valence-corrected chi connectivity index (χ1v) is 13.4. The number of nitrogens with zero attached hydrogens (tertiary/aromatic N) is 7. The maximum absolute atomic E-state index is 12.3. The standard InChI is InChI=1S/C19H28N9O9P/c29-6-13-22-16(21-9-2-1-3-9)10-5-20-28(17(10)23-13)18-15(32)14(31)11(37-18)7-36-19(8-30,38(33,34)35)4-12-24-26-27-25-12/h5,9,11,14-15,18,29-32H,1-4,6-8H2,(H,21,22,23)(H2,33,34,35)(H,24,25,26,27)/t11-,14-,15-,18-,19?/m1/s1. The lowest BCUT2D eigenvalue weighted by Gasteiger charge is -2.32. The summed E-state index contributed by atoms with van der Waals surface area (Å²) in [6.07, 6.45) is -1.70. The molecule has 5 rings (SSSR count). The van der Waals surface area contributed by atoms with E-state index in [2.05, 4.69) is 41.0 Å². The molecule has 1 saturated heterocycles. The Bertz CT molecular complexity index is 1300. The van der Waals surface area contributed by atoms with E-state index in [9.17, 15) is 34.8 Å². The summed E-state index contributed by atoms with van der Waals surface area (Å²) in [5.74, 6) is 0.463. The molecule has 0 aromatic carbocycles. The summed E-state index contributed by atoms with van der Waals surface area (Å²) >= 11 is 0. The van der Waals surface area contributed by atoms with Crippen LogP contribution in [0.3, 0.4) is 0 Å². The second kappa shape index (κ2) is 10.5. The number of aliphatic hydroxyl groups excluding tert-OH is 4. The number of H-pyrrole nitrogens is 1. The van der Waals surface area contributed by atoms with Crippen LogP contribution in [0.4, 0.5) is 5.82 Å². The van der Waals surface area contributed by atoms with Gasteiger partial charge in [0.2, 0.25) is 0 Å². The number of hydrogen-bond acceptors (Lipinski definition) is 14. The number of rotatable bonds is 11. The van der Waals surface area contributed by atoms with Gasteiger partial charge in [-0.1, -0.05) is 5.21 Å². The van der Waals surface area contributed by atoms with Crippen LogP contribution in [0.5, 0.6) is 0 Å². The van der Waals surface area contributed by atoms with Gasteiger partial charge in [-0.15, -0.1) is 10.2 Å². The zero-order chi connectivity index (χ0) is 27.1. The maximum Gasteiger partial charge on any atom is 0.359 e. The Labute approximate surface area is 214 Å². The fourth-order valence-corrected chi connectivity index (χ4v) is 5.10. The fraction of sp³-hybridized carbons (Fsp3) is 0.684. The second-order valence-electron chi connectivity index (χ2n) is 9.26. The highest BCUT2D eigenvalue weighted by atomic mass is 31.2. The van der Waals surface area contributed by atoms with Crippen LogP contribution < -0.4 is 5.32 Å². The molecule has 19 heteroatoms. The average Bonchev–Trinajstić information content (AvgIpc) is 3.59. The minimum absolute atomic E-state index is 0.116. The summed E-state index contributed by atoms with van der Waals surface area (Å²) < 4.78 is 24.8. The van der Waals surface area contributed by atoms with Crippen LogP contribution >= 0.6 is 7.60 Å². The molecule has 5 atom stereocenters. The monoisotopic (exact) mass is 557 g/mol. The van der Waals surface area contributed by atoms with Gasteiger partial charge >= 0.3 is 7.60 Å². The van der Waals surface area contributed by atoms with Crippen molar-refractivity contribution in [2.24, 2.45) is 0 Å². The zero-order valence-electron chi connectivity index (χ0n) is 19.9. The molecule has 0 bridgehead atoms. The first-order valence-electron chi connectivity index (χ1n) is 11.8. The van der Waals surface area contributed by atoms with Gasteiger partial charge in [0.25, 0.3) is 0 Å². The molecule has 1 unspecified atom stereocenters. The van der Waals surface area contributed by atoms with E-state index in [1.165, 1.54) is 10.9 Å². The van der Waals surface area contributed by atoms with E-state index in [1.807, 2.05) is 0 Å². The van der Waals surface area contributed by atoms with Crippen LogP contribution in [0, 0.1) is 0 Å². The van der Waals surface area contributed by atoms with Crippen molar-refractivity contribution in [1.29, 1.82) is 0 Å². The lowest BCUT2D eigenvalue weighted by molar-refractivity contribution is -0.109. The van der Waals surface area contributed by atoms with Gasteiger partial charge in [0.1, 0.15) is 30.7 Å². The highest BCUT2D eigenvalue weighted by Gasteiger charge is 2.52. The van der Waals surface area contributed by atoms with E-state index >= 15 is 0 Å². The van der Waals surface area contributed by atoms with Crippen molar-refractivity contribution in [2.45, 2.75) is 68.2 Å². The number of hydrogen-bond donors (Lipinski definition) is 8. The third-order valence-electron chi connectivity index (χ3n) is 6.78. The molecule has 1 aliphatic heterocycles. The van der Waals surface area contributed by atoms with Crippen LogP contribution in [-0.4, -0.2) is 113 Å². The van der Waals surface area contributed by atoms with Crippen molar-refractivity contribution in [3.8, 4) is 0 Å². The van der Waals surface area contributed by atoms with E-state index in [0.717, 1.165) is 19.3 Å². The van der Waals surface area contributed by atoms with Crippen LogP contribution in [0.1, 0.15) is 37.1 Å². The van der Waals surface area contributed by atoms with Crippen molar-refractivity contribution in [2.75, 3.05) is 18.5 Å². The van der Waals surface area contributed by atoms with Gasteiger partial charge in [0, 0.05) is 6.04 Å². The minimum atomic E-state index is -5.12. The molecule has 2 fully saturated rings. The largest absolute Gasteiger partial charge is 0.393 e. The summed E-state index contributed by atoms with van der Waals surface area (Å²) in [6, 6.07) is 0.230. The quantitative estimate of drug-likeness (QED) is 0.114. The van der Waals surface area contributed by atoms with Crippen molar-refractivity contribution in [3.05, 3.63) is 17.8 Å². The van der Waals surface area contributed by atoms with E-state index in [4.69, 9.17) is 9.47 Å². The van der Waals surface area contributed by atoms with Gasteiger partial charge in [-0.3, -0.25) is 4.57 Å². The lowest BCUT2D eigenvalue weighted by atomic mass is 9.93. The SMILES string of the molecule is O=P(O)(O)C(CO)(Cc1nn[nH]n1)OC[C@H]1O[C@@H](n2ncc3c(NC4CCC4)nc(CO)nc32)[C@H](O)[C@@H]1O. The highest BCUT2D eigenvalue weighted by molar-refractivity contribution is 7.53. The van der Waals surface area contributed by atoms with Crippen LogP contribution in [0.15, 0.2) is 6.20 Å². The first kappa shape index (κ1) is 26.9. The number of fused-ring (bicyclic) bond motifs is 1. The predicted octanol–water partition coefficient (Wildman–Crippen LogP) is -2.46. The molecule has 18 nitrogen and oxygen atoms in total. The smallest absolute Gasteiger partial charge is 0.359 e. The number of aromatic nitrogens is 8.